The topological polar surface area (TPSA) is 131 Å². The number of hydrogen-bond donors (Lipinski definition) is 6. The molecule has 0 aromatic carbocycles. The van der Waals surface area contributed by atoms with Crippen molar-refractivity contribution in [1.29, 1.82) is 0 Å². The van der Waals surface area contributed by atoms with Crippen molar-refractivity contribution >= 4 is 0 Å². The Morgan fingerprint density at radius 2 is 1.68 bits per heavy atom. The van der Waals surface area contributed by atoms with Crippen LogP contribution in [0.4, 0.5) is 0 Å². The summed E-state index contributed by atoms with van der Waals surface area (Å²) in [5.74, 6) is -1.60. The van der Waals surface area contributed by atoms with Crippen LogP contribution in [0.3, 0.4) is 0 Å². The summed E-state index contributed by atoms with van der Waals surface area (Å²) in [7, 11) is 0. The van der Waals surface area contributed by atoms with Crippen molar-refractivity contribution in [3.8, 4) is 0 Å². The maximum Gasteiger partial charge on any atom is 0.175 e. The monoisotopic (exact) mass is 482 g/mol. The Kier molecular flexibility index (Phi) is 5.52. The second kappa shape index (κ2) is 7.40. The van der Waals surface area contributed by atoms with Gasteiger partial charge in [-0.3, -0.25) is 0 Å². The number of ether oxygens (including phenoxy) is 1. The van der Waals surface area contributed by atoms with Crippen molar-refractivity contribution in [2.24, 2.45) is 34.0 Å². The van der Waals surface area contributed by atoms with Gasteiger partial charge in [0.1, 0.15) is 0 Å². The van der Waals surface area contributed by atoms with Gasteiger partial charge >= 0.3 is 0 Å². The number of aliphatic hydroxyl groups excluding tert-OH is 3. The molecule has 5 rings (SSSR count). The fourth-order valence-corrected chi connectivity index (χ4v) is 9.95. The van der Waals surface area contributed by atoms with Crippen molar-refractivity contribution in [2.45, 2.75) is 134 Å². The van der Waals surface area contributed by atoms with E-state index in [2.05, 4.69) is 13.8 Å². The van der Waals surface area contributed by atoms with E-state index in [1.807, 2.05) is 0 Å². The van der Waals surface area contributed by atoms with E-state index in [1.165, 1.54) is 0 Å². The molecule has 0 radical (unpaired) electrons. The molecule has 0 aromatic rings. The predicted octanol–water partition coefficient (Wildman–Crippen LogP) is 2.09. The van der Waals surface area contributed by atoms with Gasteiger partial charge in [0.05, 0.1) is 35.6 Å². The number of hydrogen-bond acceptors (Lipinski definition) is 7. The molecule has 0 aromatic heterocycles. The van der Waals surface area contributed by atoms with Crippen LogP contribution in [0, 0.1) is 34.0 Å². The van der Waals surface area contributed by atoms with Crippen LogP contribution in [0.1, 0.15) is 92.4 Å². The van der Waals surface area contributed by atoms with E-state index >= 15 is 0 Å². The first-order valence-electron chi connectivity index (χ1n) is 13.4. The van der Waals surface area contributed by atoms with Crippen molar-refractivity contribution in [3.05, 3.63) is 0 Å². The molecule has 196 valence electrons. The molecule has 7 nitrogen and oxygen atoms in total. The van der Waals surface area contributed by atoms with Crippen LogP contribution in [0.25, 0.3) is 0 Å². The van der Waals surface area contributed by atoms with E-state index in [-0.39, 0.29) is 29.3 Å². The molecule has 2 saturated heterocycles. The molecule has 5 fully saturated rings. The molecule has 0 unspecified atom stereocenters. The van der Waals surface area contributed by atoms with Gasteiger partial charge < -0.3 is 35.4 Å². The first-order valence-corrected chi connectivity index (χ1v) is 13.4. The van der Waals surface area contributed by atoms with E-state index in [1.54, 1.807) is 20.8 Å². The molecule has 12 atom stereocenters. The second-order valence-corrected chi connectivity index (χ2v) is 14.0. The zero-order valence-electron chi connectivity index (χ0n) is 21.5. The summed E-state index contributed by atoms with van der Waals surface area (Å²) in [6.07, 6.45) is 2.58. The normalized spacial score (nSPS) is 54.8. The molecule has 7 heteroatoms. The highest BCUT2D eigenvalue weighted by molar-refractivity contribution is 5.26. The minimum atomic E-state index is -1.35. The maximum atomic E-state index is 12.4. The first kappa shape index (κ1) is 25.4. The molecular weight excluding hydrogens is 436 g/mol. The highest BCUT2D eigenvalue weighted by Crippen LogP contribution is 2.79. The van der Waals surface area contributed by atoms with Gasteiger partial charge in [-0.25, -0.2) is 0 Å². The molecule has 5 aliphatic rings. The summed E-state index contributed by atoms with van der Waals surface area (Å²) in [4.78, 5) is 0. The number of fused-ring (bicyclic) bond motifs is 4. The Morgan fingerprint density at radius 1 is 1.00 bits per heavy atom. The molecule has 2 aliphatic heterocycles. The standard InChI is InChI=1S/C27H46O7/c1-22(2,31)9-8-21(30)25(5,32)20-7-11-26-14-18-15-12-16(28)17(29)13-23(15,3)19(27(26,33)34-18)6-10-24(20,26)4/h15-21,28-33H,6-14H2,1-5H3/t15-,16+,17-,18+,19+,20-,21+,23-,24+,25+,26+,27-/m0/s1. The van der Waals surface area contributed by atoms with Gasteiger partial charge in [0, 0.05) is 11.3 Å². The minimum Gasteiger partial charge on any atom is -0.390 e. The van der Waals surface area contributed by atoms with Gasteiger partial charge in [-0.05, 0) is 101 Å². The Balaban J connectivity index is 1.49. The van der Waals surface area contributed by atoms with Crippen LogP contribution in [0.15, 0.2) is 0 Å². The summed E-state index contributed by atoms with van der Waals surface area (Å²) in [5.41, 5.74) is -3.54. The van der Waals surface area contributed by atoms with Crippen LogP contribution >= 0.6 is 0 Å². The Hall–Kier alpha value is -0.280. The van der Waals surface area contributed by atoms with Gasteiger partial charge in [0.2, 0.25) is 0 Å². The Bertz CT molecular complexity index is 824. The van der Waals surface area contributed by atoms with Crippen LogP contribution in [-0.4, -0.2) is 72.0 Å². The molecule has 2 heterocycles. The largest absolute Gasteiger partial charge is 0.390 e. The van der Waals surface area contributed by atoms with Crippen molar-refractivity contribution < 1.29 is 35.4 Å². The molecule has 1 spiro atoms. The van der Waals surface area contributed by atoms with Crippen molar-refractivity contribution in [2.75, 3.05) is 0 Å². The second-order valence-electron chi connectivity index (χ2n) is 14.0. The highest BCUT2D eigenvalue weighted by atomic mass is 16.6. The van der Waals surface area contributed by atoms with E-state index in [0.717, 1.165) is 19.3 Å². The van der Waals surface area contributed by atoms with E-state index in [4.69, 9.17) is 4.74 Å². The van der Waals surface area contributed by atoms with Crippen LogP contribution < -0.4 is 0 Å². The molecule has 6 N–H and O–H groups in total. The lowest BCUT2D eigenvalue weighted by Crippen LogP contribution is -2.69. The van der Waals surface area contributed by atoms with Crippen LogP contribution in [0.5, 0.6) is 0 Å². The predicted molar refractivity (Wildman–Crippen MR) is 125 cm³/mol. The van der Waals surface area contributed by atoms with Gasteiger partial charge in [0.25, 0.3) is 0 Å². The Labute approximate surface area is 203 Å². The molecule has 0 amide bonds. The summed E-state index contributed by atoms with van der Waals surface area (Å²) < 4.78 is 6.54. The SMILES string of the molecule is CC(C)(O)CC[C@@H](O)[C@](C)(O)[C@H]1CC[C@]23C[C@H]4O[C@@]2(O)[C@H](CC[C@]13C)[C@@]1(C)C[C@H](O)[C@H](O)C[C@@H]41. The van der Waals surface area contributed by atoms with Crippen molar-refractivity contribution in [1.82, 2.24) is 0 Å². The average Bonchev–Trinajstić information content (AvgIpc) is 3.18. The molecule has 2 bridgehead atoms. The van der Waals surface area contributed by atoms with E-state index in [0.29, 0.717) is 38.5 Å². The van der Waals surface area contributed by atoms with Gasteiger partial charge in [-0.15, -0.1) is 0 Å². The third kappa shape index (κ3) is 3.07. The molecular formula is C27H46O7. The average molecular weight is 483 g/mol. The summed E-state index contributed by atoms with van der Waals surface area (Å²) >= 11 is 0. The quantitative estimate of drug-likeness (QED) is 0.354. The number of rotatable bonds is 5. The number of aliphatic hydroxyl groups is 6. The van der Waals surface area contributed by atoms with Crippen molar-refractivity contribution in [3.63, 3.8) is 0 Å². The zero-order valence-corrected chi connectivity index (χ0v) is 21.5. The minimum absolute atomic E-state index is 0.0786. The van der Waals surface area contributed by atoms with E-state index < -0.39 is 46.1 Å². The highest BCUT2D eigenvalue weighted by Gasteiger charge is 2.81. The lowest BCUT2D eigenvalue weighted by atomic mass is 9.45. The third-order valence-electron chi connectivity index (χ3n) is 11.8. The molecule has 3 aliphatic carbocycles. The first-order chi connectivity index (χ1) is 15.5. The fraction of sp³-hybridized carbons (Fsp3) is 1.00. The summed E-state index contributed by atoms with van der Waals surface area (Å²) in [5, 5.41) is 66.4. The lowest BCUT2D eigenvalue weighted by molar-refractivity contribution is -0.371. The maximum absolute atomic E-state index is 12.4. The third-order valence-corrected chi connectivity index (χ3v) is 11.8. The van der Waals surface area contributed by atoms with E-state index in [9.17, 15) is 30.6 Å². The summed E-state index contributed by atoms with van der Waals surface area (Å²) in [6, 6.07) is 0. The summed E-state index contributed by atoms with van der Waals surface area (Å²) in [6.45, 7) is 9.49. The fourth-order valence-electron chi connectivity index (χ4n) is 9.95. The van der Waals surface area contributed by atoms with Crippen LogP contribution in [0.2, 0.25) is 0 Å². The smallest absolute Gasteiger partial charge is 0.175 e. The zero-order chi connectivity index (χ0) is 25.1. The van der Waals surface area contributed by atoms with Crippen LogP contribution in [-0.2, 0) is 4.74 Å². The van der Waals surface area contributed by atoms with Gasteiger partial charge in [-0.2, -0.15) is 0 Å². The lowest BCUT2D eigenvalue weighted by Gasteiger charge is -2.65. The molecule has 3 saturated carbocycles. The van der Waals surface area contributed by atoms with Gasteiger partial charge in [-0.1, -0.05) is 13.8 Å². The Morgan fingerprint density at radius 3 is 2.32 bits per heavy atom. The van der Waals surface area contributed by atoms with Gasteiger partial charge in [0.15, 0.2) is 5.79 Å². The molecule has 34 heavy (non-hydrogen) atoms.